The molecule has 0 radical (unpaired) electrons. The molecule has 0 aromatic carbocycles. The predicted molar refractivity (Wildman–Crippen MR) is 65.1 cm³/mol. The molecule has 1 aromatic heterocycles. The van der Waals surface area contributed by atoms with E-state index in [0.717, 1.165) is 5.56 Å². The SMILES string of the molecule is CCNC(=O)CCNc1ncnc(OC)c1C. The van der Waals surface area contributed by atoms with Crippen molar-refractivity contribution in [2.45, 2.75) is 20.3 Å². The Balaban J connectivity index is 2.49. The number of amides is 1. The second-order valence-corrected chi connectivity index (χ2v) is 3.49. The van der Waals surface area contributed by atoms with Crippen LogP contribution in [0, 0.1) is 6.92 Å². The Morgan fingerprint density at radius 2 is 2.24 bits per heavy atom. The number of nitrogens with zero attached hydrogens (tertiary/aromatic N) is 2. The van der Waals surface area contributed by atoms with E-state index in [2.05, 4.69) is 20.6 Å². The largest absolute Gasteiger partial charge is 0.481 e. The third-order valence-electron chi connectivity index (χ3n) is 2.25. The summed E-state index contributed by atoms with van der Waals surface area (Å²) < 4.78 is 5.08. The van der Waals surface area contributed by atoms with Crippen molar-refractivity contribution in [3.63, 3.8) is 0 Å². The van der Waals surface area contributed by atoms with Gasteiger partial charge in [-0.25, -0.2) is 9.97 Å². The van der Waals surface area contributed by atoms with E-state index >= 15 is 0 Å². The molecule has 0 atom stereocenters. The van der Waals surface area contributed by atoms with Gasteiger partial charge in [0.05, 0.1) is 12.7 Å². The van der Waals surface area contributed by atoms with Crippen LogP contribution in [0.4, 0.5) is 5.82 Å². The smallest absolute Gasteiger partial charge is 0.221 e. The Kier molecular flexibility index (Phi) is 5.19. The lowest BCUT2D eigenvalue weighted by Crippen LogP contribution is -2.25. The van der Waals surface area contributed by atoms with Crippen molar-refractivity contribution < 1.29 is 9.53 Å². The van der Waals surface area contributed by atoms with Gasteiger partial charge >= 0.3 is 0 Å². The summed E-state index contributed by atoms with van der Waals surface area (Å²) in [6.45, 7) is 4.95. The minimum absolute atomic E-state index is 0.0266. The number of carbonyl (C=O) groups is 1. The molecule has 1 heterocycles. The fourth-order valence-electron chi connectivity index (χ4n) is 1.40. The van der Waals surface area contributed by atoms with Crippen molar-refractivity contribution in [3.8, 4) is 5.88 Å². The van der Waals surface area contributed by atoms with Gasteiger partial charge in [-0.3, -0.25) is 4.79 Å². The van der Waals surface area contributed by atoms with E-state index in [9.17, 15) is 4.79 Å². The molecule has 0 aliphatic heterocycles. The van der Waals surface area contributed by atoms with Gasteiger partial charge in [0.2, 0.25) is 11.8 Å². The highest BCUT2D eigenvalue weighted by Crippen LogP contribution is 2.19. The molecule has 0 fully saturated rings. The Morgan fingerprint density at radius 1 is 1.47 bits per heavy atom. The molecule has 1 rings (SSSR count). The van der Waals surface area contributed by atoms with Gasteiger partial charge in [-0.1, -0.05) is 0 Å². The molecule has 1 amide bonds. The van der Waals surface area contributed by atoms with Crippen LogP contribution < -0.4 is 15.4 Å². The van der Waals surface area contributed by atoms with Gasteiger partial charge in [-0.15, -0.1) is 0 Å². The van der Waals surface area contributed by atoms with Gasteiger partial charge in [-0.05, 0) is 13.8 Å². The normalized spacial score (nSPS) is 9.82. The number of ether oxygens (including phenoxy) is 1. The van der Waals surface area contributed by atoms with Crippen molar-refractivity contribution in [1.29, 1.82) is 0 Å². The zero-order chi connectivity index (χ0) is 12.7. The Hall–Kier alpha value is -1.85. The maximum absolute atomic E-state index is 11.2. The zero-order valence-corrected chi connectivity index (χ0v) is 10.4. The summed E-state index contributed by atoms with van der Waals surface area (Å²) in [5.74, 6) is 1.26. The summed E-state index contributed by atoms with van der Waals surface area (Å²) in [4.78, 5) is 19.3. The second kappa shape index (κ2) is 6.67. The van der Waals surface area contributed by atoms with Gasteiger partial charge in [-0.2, -0.15) is 0 Å². The lowest BCUT2D eigenvalue weighted by atomic mass is 10.3. The first-order chi connectivity index (χ1) is 8.19. The molecule has 2 N–H and O–H groups in total. The standard InChI is InChI=1S/C11H18N4O2/c1-4-12-9(16)5-6-13-10-8(2)11(17-3)15-7-14-10/h7H,4-6H2,1-3H3,(H,12,16)(H,13,14,15). The summed E-state index contributed by atoms with van der Waals surface area (Å²) in [7, 11) is 1.56. The van der Waals surface area contributed by atoms with Gasteiger partial charge in [0.15, 0.2) is 0 Å². The molecule has 0 aliphatic carbocycles. The van der Waals surface area contributed by atoms with Crippen molar-refractivity contribution >= 4 is 11.7 Å². The Morgan fingerprint density at radius 3 is 2.88 bits per heavy atom. The maximum atomic E-state index is 11.2. The number of rotatable bonds is 6. The molecule has 6 heteroatoms. The van der Waals surface area contributed by atoms with Crippen molar-refractivity contribution in [3.05, 3.63) is 11.9 Å². The van der Waals surface area contributed by atoms with Crippen LogP contribution >= 0.6 is 0 Å². The molecule has 1 aromatic rings. The summed E-state index contributed by atoms with van der Waals surface area (Å²) in [6.07, 6.45) is 1.85. The first-order valence-electron chi connectivity index (χ1n) is 5.55. The monoisotopic (exact) mass is 238 g/mol. The van der Waals surface area contributed by atoms with Crippen LogP contribution in [0.25, 0.3) is 0 Å². The van der Waals surface area contributed by atoms with Crippen LogP contribution in [-0.4, -0.2) is 36.1 Å². The molecule has 17 heavy (non-hydrogen) atoms. The number of methoxy groups -OCH3 is 1. The van der Waals surface area contributed by atoms with Crippen LogP contribution in [-0.2, 0) is 4.79 Å². The molecule has 94 valence electrons. The first-order valence-corrected chi connectivity index (χ1v) is 5.55. The van der Waals surface area contributed by atoms with E-state index in [1.54, 1.807) is 7.11 Å². The molecule has 0 unspecified atom stereocenters. The molecule has 0 bridgehead atoms. The van der Waals surface area contributed by atoms with Gasteiger partial charge < -0.3 is 15.4 Å². The van der Waals surface area contributed by atoms with Crippen LogP contribution in [0.15, 0.2) is 6.33 Å². The minimum atomic E-state index is 0.0266. The van der Waals surface area contributed by atoms with Crippen molar-refractivity contribution in [2.24, 2.45) is 0 Å². The number of hydrogen-bond donors (Lipinski definition) is 2. The fourth-order valence-corrected chi connectivity index (χ4v) is 1.40. The van der Waals surface area contributed by atoms with Crippen molar-refractivity contribution in [1.82, 2.24) is 15.3 Å². The van der Waals surface area contributed by atoms with Crippen LogP contribution in [0.3, 0.4) is 0 Å². The van der Waals surface area contributed by atoms with E-state index in [0.29, 0.717) is 31.2 Å². The fraction of sp³-hybridized carbons (Fsp3) is 0.545. The summed E-state index contributed by atoms with van der Waals surface area (Å²) >= 11 is 0. The average Bonchev–Trinajstić information content (AvgIpc) is 2.32. The van der Waals surface area contributed by atoms with Gasteiger partial charge in [0, 0.05) is 19.5 Å². The molecule has 0 saturated heterocycles. The summed E-state index contributed by atoms with van der Waals surface area (Å²) in [5, 5.41) is 5.82. The molecule has 6 nitrogen and oxygen atoms in total. The molecule has 0 saturated carbocycles. The summed E-state index contributed by atoms with van der Waals surface area (Å²) in [5.41, 5.74) is 0.839. The maximum Gasteiger partial charge on any atom is 0.221 e. The number of carbonyl (C=O) groups excluding carboxylic acids is 1. The van der Waals surface area contributed by atoms with E-state index in [1.807, 2.05) is 13.8 Å². The lowest BCUT2D eigenvalue weighted by molar-refractivity contribution is -0.120. The Labute approximate surface area is 101 Å². The van der Waals surface area contributed by atoms with Gasteiger partial charge in [0.25, 0.3) is 0 Å². The van der Waals surface area contributed by atoms with E-state index in [1.165, 1.54) is 6.33 Å². The highest BCUT2D eigenvalue weighted by atomic mass is 16.5. The van der Waals surface area contributed by atoms with Crippen LogP contribution in [0.1, 0.15) is 18.9 Å². The average molecular weight is 238 g/mol. The highest BCUT2D eigenvalue weighted by molar-refractivity contribution is 5.76. The number of anilines is 1. The molecule has 0 spiro atoms. The zero-order valence-electron chi connectivity index (χ0n) is 10.4. The minimum Gasteiger partial charge on any atom is -0.481 e. The Bertz CT molecular complexity index is 382. The predicted octanol–water partition coefficient (Wildman–Crippen LogP) is 0.732. The second-order valence-electron chi connectivity index (χ2n) is 3.49. The van der Waals surface area contributed by atoms with Crippen molar-refractivity contribution in [2.75, 3.05) is 25.5 Å². The quantitative estimate of drug-likeness (QED) is 0.764. The topological polar surface area (TPSA) is 76.1 Å². The van der Waals surface area contributed by atoms with E-state index < -0.39 is 0 Å². The van der Waals surface area contributed by atoms with Crippen LogP contribution in [0.2, 0.25) is 0 Å². The molecular weight excluding hydrogens is 220 g/mol. The van der Waals surface area contributed by atoms with Crippen LogP contribution in [0.5, 0.6) is 5.88 Å². The summed E-state index contributed by atoms with van der Waals surface area (Å²) in [6, 6.07) is 0. The van der Waals surface area contributed by atoms with E-state index in [4.69, 9.17) is 4.74 Å². The number of hydrogen-bond acceptors (Lipinski definition) is 5. The molecular formula is C11H18N4O2. The van der Waals surface area contributed by atoms with Gasteiger partial charge in [0.1, 0.15) is 12.1 Å². The third-order valence-corrected chi connectivity index (χ3v) is 2.25. The van der Waals surface area contributed by atoms with E-state index in [-0.39, 0.29) is 5.91 Å². The lowest BCUT2D eigenvalue weighted by Gasteiger charge is -2.10. The highest BCUT2D eigenvalue weighted by Gasteiger charge is 2.07. The third kappa shape index (κ3) is 3.90. The first kappa shape index (κ1) is 13.2. The molecule has 0 aliphatic rings. The number of nitrogens with one attached hydrogen (secondary N) is 2. The number of aromatic nitrogens is 2.